The smallest absolute Gasteiger partial charge is 0.375 e. The van der Waals surface area contributed by atoms with Gasteiger partial charge in [-0.25, -0.2) is 14.5 Å². The summed E-state index contributed by atoms with van der Waals surface area (Å²) in [7, 11) is 0. The first-order chi connectivity index (χ1) is 9.06. The van der Waals surface area contributed by atoms with Crippen molar-refractivity contribution < 1.29 is 9.90 Å². The van der Waals surface area contributed by atoms with Gasteiger partial charge >= 0.3 is 5.97 Å². The highest BCUT2D eigenvalue weighted by molar-refractivity contribution is 14.1. The Balaban J connectivity index is 2.15. The van der Waals surface area contributed by atoms with E-state index in [2.05, 4.69) is 48.6 Å². The van der Waals surface area contributed by atoms with Gasteiger partial charge in [0.1, 0.15) is 5.82 Å². The fraction of sp³-hybridized carbons (Fsp3) is 0.250. The van der Waals surface area contributed by atoms with Gasteiger partial charge in [-0.05, 0) is 69.6 Å². The van der Waals surface area contributed by atoms with Crippen LogP contribution in [0.1, 0.15) is 35.2 Å². The molecule has 98 valence electrons. The van der Waals surface area contributed by atoms with Gasteiger partial charge in [0.2, 0.25) is 0 Å². The van der Waals surface area contributed by atoms with Gasteiger partial charge in [-0.1, -0.05) is 0 Å². The van der Waals surface area contributed by atoms with E-state index in [-0.39, 0.29) is 5.82 Å². The Morgan fingerprint density at radius 3 is 2.79 bits per heavy atom. The van der Waals surface area contributed by atoms with Crippen LogP contribution in [0.2, 0.25) is 0 Å². The minimum Gasteiger partial charge on any atom is -0.475 e. The van der Waals surface area contributed by atoms with Crippen LogP contribution in [0.3, 0.4) is 0 Å². The topological polar surface area (TPSA) is 68.0 Å². The van der Waals surface area contributed by atoms with Crippen molar-refractivity contribution in [3.05, 3.63) is 37.9 Å². The maximum atomic E-state index is 11.0. The predicted octanol–water partition coefficient (Wildman–Crippen LogP) is 3.21. The molecule has 1 saturated carbocycles. The zero-order valence-electron chi connectivity index (χ0n) is 9.68. The van der Waals surface area contributed by atoms with Gasteiger partial charge in [0.25, 0.3) is 5.82 Å². The summed E-state index contributed by atoms with van der Waals surface area (Å²) in [5.41, 5.74) is 0.822. The summed E-state index contributed by atoms with van der Waals surface area (Å²) in [6.07, 6.45) is 2.08. The molecule has 1 aromatic heterocycles. The molecule has 19 heavy (non-hydrogen) atoms. The van der Waals surface area contributed by atoms with Crippen molar-refractivity contribution >= 4 is 44.5 Å². The highest BCUT2D eigenvalue weighted by Gasteiger charge is 2.31. The van der Waals surface area contributed by atoms with E-state index in [1.54, 1.807) is 4.68 Å². The highest BCUT2D eigenvalue weighted by Crippen LogP contribution is 2.40. The molecule has 3 rings (SSSR count). The van der Waals surface area contributed by atoms with Crippen LogP contribution in [-0.4, -0.2) is 25.8 Å². The number of halogens is 2. The third kappa shape index (κ3) is 2.53. The Kier molecular flexibility index (Phi) is 3.34. The largest absolute Gasteiger partial charge is 0.475 e. The zero-order chi connectivity index (χ0) is 13.6. The summed E-state index contributed by atoms with van der Waals surface area (Å²) in [4.78, 5) is 15.2. The Hall–Kier alpha value is -0.960. The quantitative estimate of drug-likeness (QED) is 0.754. The van der Waals surface area contributed by atoms with E-state index < -0.39 is 5.97 Å². The summed E-state index contributed by atoms with van der Waals surface area (Å²) in [6.45, 7) is 0. The number of nitrogens with zero attached hydrogens (tertiary/aromatic N) is 3. The molecule has 0 amide bonds. The van der Waals surface area contributed by atoms with Gasteiger partial charge in [0.05, 0.1) is 5.69 Å². The number of carboxylic acids is 1. The molecule has 5 nitrogen and oxygen atoms in total. The number of hydrogen-bond acceptors (Lipinski definition) is 3. The number of carboxylic acid groups (broad SMARTS) is 1. The first-order valence-electron chi connectivity index (χ1n) is 5.72. The van der Waals surface area contributed by atoms with Crippen LogP contribution < -0.4 is 0 Å². The van der Waals surface area contributed by atoms with Crippen molar-refractivity contribution in [1.29, 1.82) is 0 Å². The van der Waals surface area contributed by atoms with Crippen LogP contribution in [-0.2, 0) is 0 Å². The first-order valence-corrected chi connectivity index (χ1v) is 7.59. The van der Waals surface area contributed by atoms with E-state index in [0.29, 0.717) is 5.92 Å². The van der Waals surface area contributed by atoms with Gasteiger partial charge in [-0.3, -0.25) is 0 Å². The molecule has 0 atom stereocenters. The lowest BCUT2D eigenvalue weighted by atomic mass is 10.3. The summed E-state index contributed by atoms with van der Waals surface area (Å²) < 4.78 is 3.62. The number of aromatic nitrogens is 3. The molecule has 0 unspecified atom stereocenters. The van der Waals surface area contributed by atoms with Crippen LogP contribution in [0, 0.1) is 3.57 Å². The van der Waals surface area contributed by atoms with E-state index in [4.69, 9.17) is 5.11 Å². The fourth-order valence-electron chi connectivity index (χ4n) is 1.85. The molecular weight excluding hydrogens is 425 g/mol. The molecule has 0 spiro atoms. The monoisotopic (exact) mass is 433 g/mol. The van der Waals surface area contributed by atoms with Crippen LogP contribution in [0.25, 0.3) is 5.69 Å². The van der Waals surface area contributed by atoms with Crippen molar-refractivity contribution in [2.75, 3.05) is 0 Å². The average molecular weight is 434 g/mol. The molecule has 1 fully saturated rings. The normalized spacial score (nSPS) is 14.6. The van der Waals surface area contributed by atoms with Crippen LogP contribution >= 0.6 is 38.5 Å². The number of benzene rings is 1. The molecule has 2 aromatic rings. The van der Waals surface area contributed by atoms with Gasteiger partial charge < -0.3 is 5.11 Å². The summed E-state index contributed by atoms with van der Waals surface area (Å²) >= 11 is 5.72. The minimum atomic E-state index is -1.10. The zero-order valence-corrected chi connectivity index (χ0v) is 13.4. The number of hydrogen-bond donors (Lipinski definition) is 1. The molecule has 7 heteroatoms. The van der Waals surface area contributed by atoms with Crippen LogP contribution in [0.5, 0.6) is 0 Å². The second-order valence-corrected chi connectivity index (χ2v) is 6.48. The molecule has 0 bridgehead atoms. The number of carbonyl (C=O) groups is 1. The number of rotatable bonds is 3. The second-order valence-electron chi connectivity index (χ2n) is 4.38. The van der Waals surface area contributed by atoms with E-state index in [9.17, 15) is 4.79 Å². The van der Waals surface area contributed by atoms with Gasteiger partial charge in [0, 0.05) is 14.0 Å². The molecule has 1 heterocycles. The van der Waals surface area contributed by atoms with Gasteiger partial charge in [0.15, 0.2) is 0 Å². The van der Waals surface area contributed by atoms with E-state index in [0.717, 1.165) is 32.4 Å². The highest BCUT2D eigenvalue weighted by atomic mass is 127. The lowest BCUT2D eigenvalue weighted by Crippen LogP contribution is -2.04. The minimum absolute atomic E-state index is 0.146. The molecule has 1 aromatic carbocycles. The van der Waals surface area contributed by atoms with Gasteiger partial charge in [-0.15, -0.1) is 5.10 Å². The summed E-state index contributed by atoms with van der Waals surface area (Å²) in [5, 5.41) is 13.1. The summed E-state index contributed by atoms with van der Waals surface area (Å²) in [6, 6.07) is 5.84. The summed E-state index contributed by atoms with van der Waals surface area (Å²) in [5.74, 6) is -0.180. The lowest BCUT2D eigenvalue weighted by Gasteiger charge is -2.07. The average Bonchev–Trinajstić information content (AvgIpc) is 3.09. The maximum Gasteiger partial charge on any atom is 0.375 e. The van der Waals surface area contributed by atoms with E-state index in [1.807, 2.05) is 18.2 Å². The van der Waals surface area contributed by atoms with Crippen LogP contribution in [0.4, 0.5) is 0 Å². The van der Waals surface area contributed by atoms with Crippen molar-refractivity contribution in [3.8, 4) is 5.69 Å². The third-order valence-corrected chi connectivity index (χ3v) is 4.21. The van der Waals surface area contributed by atoms with Crippen LogP contribution in [0.15, 0.2) is 22.7 Å². The van der Waals surface area contributed by atoms with Crippen molar-refractivity contribution in [2.24, 2.45) is 0 Å². The Bertz CT molecular complexity index is 667. The molecule has 1 aliphatic rings. The molecule has 1 aliphatic carbocycles. The second kappa shape index (κ2) is 4.86. The van der Waals surface area contributed by atoms with Crippen molar-refractivity contribution in [2.45, 2.75) is 18.8 Å². The third-order valence-electron chi connectivity index (χ3n) is 2.90. The van der Waals surface area contributed by atoms with E-state index in [1.165, 1.54) is 0 Å². The van der Waals surface area contributed by atoms with Gasteiger partial charge in [-0.2, -0.15) is 0 Å². The van der Waals surface area contributed by atoms with Crippen molar-refractivity contribution in [3.63, 3.8) is 0 Å². The standard InChI is InChI=1S/C12H9BrIN3O2/c13-8-5-7(14)3-4-9(8)17-11(6-1-2-6)15-10(16-17)12(18)19/h3-6H,1-2H2,(H,18,19). The number of aromatic carboxylic acids is 1. The first kappa shape index (κ1) is 13.0. The Morgan fingerprint density at radius 2 is 2.21 bits per heavy atom. The maximum absolute atomic E-state index is 11.0. The molecule has 0 aliphatic heterocycles. The predicted molar refractivity (Wildman–Crippen MR) is 80.7 cm³/mol. The fourth-order valence-corrected chi connectivity index (χ4v) is 3.32. The SMILES string of the molecule is O=C(O)c1nc(C2CC2)n(-c2ccc(I)cc2Br)n1. The van der Waals surface area contributed by atoms with Crippen molar-refractivity contribution in [1.82, 2.24) is 14.8 Å². The Morgan fingerprint density at radius 1 is 1.47 bits per heavy atom. The molecule has 1 N–H and O–H groups in total. The lowest BCUT2D eigenvalue weighted by molar-refractivity contribution is 0.0683. The molecule has 0 saturated heterocycles. The van der Waals surface area contributed by atoms with E-state index >= 15 is 0 Å². The Labute approximate surface area is 131 Å². The molecular formula is C12H9BrIN3O2. The molecule has 0 radical (unpaired) electrons.